The summed E-state index contributed by atoms with van der Waals surface area (Å²) in [6.45, 7) is 0.868. The van der Waals surface area contributed by atoms with Crippen molar-refractivity contribution in [1.82, 2.24) is 10.2 Å². The molecule has 1 unspecified atom stereocenters. The van der Waals surface area contributed by atoms with Crippen LogP contribution in [0.25, 0.3) is 11.1 Å². The normalized spacial score (nSPS) is 17.3. The third-order valence-corrected chi connectivity index (χ3v) is 7.43. The first kappa shape index (κ1) is 23.4. The minimum absolute atomic E-state index is 0.000887. The zero-order valence-corrected chi connectivity index (χ0v) is 19.8. The fraction of sp³-hybridized carbons (Fsp3) is 0.464. The van der Waals surface area contributed by atoms with Gasteiger partial charge < -0.3 is 20.1 Å². The number of ether oxygens (including phenoxy) is 1. The number of carbonyl (C=O) groups is 3. The third-order valence-electron chi connectivity index (χ3n) is 7.43. The van der Waals surface area contributed by atoms with E-state index in [9.17, 15) is 19.5 Å². The Morgan fingerprint density at radius 2 is 1.60 bits per heavy atom. The van der Waals surface area contributed by atoms with Crippen molar-refractivity contribution in [2.45, 2.75) is 38.0 Å². The molecule has 0 bridgehead atoms. The summed E-state index contributed by atoms with van der Waals surface area (Å²) in [5.74, 6) is -0.305. The highest BCUT2D eigenvalue weighted by Gasteiger charge is 2.36. The Kier molecular flexibility index (Phi) is 6.75. The van der Waals surface area contributed by atoms with Crippen LogP contribution in [0.15, 0.2) is 48.5 Å². The van der Waals surface area contributed by atoms with E-state index in [1.165, 1.54) is 16.0 Å². The predicted molar refractivity (Wildman–Crippen MR) is 131 cm³/mol. The van der Waals surface area contributed by atoms with Crippen molar-refractivity contribution in [2.75, 3.05) is 26.2 Å². The molecule has 0 heterocycles. The van der Waals surface area contributed by atoms with Gasteiger partial charge in [-0.05, 0) is 65.7 Å². The lowest BCUT2D eigenvalue weighted by atomic mass is 9.98. The number of nitrogens with one attached hydrogen (secondary N) is 1. The lowest BCUT2D eigenvalue weighted by molar-refractivity contribution is -0.145. The number of carboxylic acids is 1. The van der Waals surface area contributed by atoms with E-state index in [1.807, 2.05) is 24.3 Å². The molecule has 7 heteroatoms. The van der Waals surface area contributed by atoms with Crippen molar-refractivity contribution < 1.29 is 24.2 Å². The molecule has 3 aliphatic rings. The van der Waals surface area contributed by atoms with Crippen molar-refractivity contribution in [3.05, 3.63) is 59.7 Å². The molecule has 5 rings (SSSR count). The summed E-state index contributed by atoms with van der Waals surface area (Å²) in [5, 5.41) is 12.1. The maximum absolute atomic E-state index is 12.9. The lowest BCUT2D eigenvalue weighted by Crippen LogP contribution is -2.40. The summed E-state index contributed by atoms with van der Waals surface area (Å²) in [6.07, 6.45) is 3.95. The van der Waals surface area contributed by atoms with Crippen LogP contribution in [-0.4, -0.2) is 54.2 Å². The van der Waals surface area contributed by atoms with E-state index >= 15 is 0 Å². The van der Waals surface area contributed by atoms with Crippen LogP contribution in [0.1, 0.15) is 49.1 Å². The molecule has 2 N–H and O–H groups in total. The van der Waals surface area contributed by atoms with Crippen molar-refractivity contribution in [1.29, 1.82) is 0 Å². The number of carbonyl (C=O) groups excluding carboxylic acids is 2. The molecule has 2 aromatic carbocycles. The number of carboxylic acid groups (broad SMARTS) is 1. The first-order valence-electron chi connectivity index (χ1n) is 12.6. The number of alkyl carbamates (subject to hydrolysis) is 1. The van der Waals surface area contributed by atoms with E-state index in [2.05, 4.69) is 29.6 Å². The van der Waals surface area contributed by atoms with E-state index in [0.29, 0.717) is 24.9 Å². The lowest BCUT2D eigenvalue weighted by Gasteiger charge is -2.24. The molecule has 0 aromatic heterocycles. The second-order valence-corrected chi connectivity index (χ2v) is 10.1. The van der Waals surface area contributed by atoms with E-state index in [4.69, 9.17) is 4.74 Å². The molecule has 0 saturated heterocycles. The molecule has 1 atom stereocenters. The first-order valence-corrected chi connectivity index (χ1v) is 12.6. The third kappa shape index (κ3) is 5.66. The summed E-state index contributed by atoms with van der Waals surface area (Å²) in [5.41, 5.74) is 4.69. The Hall–Kier alpha value is -3.35. The van der Waals surface area contributed by atoms with Crippen LogP contribution >= 0.6 is 0 Å². The molecule has 35 heavy (non-hydrogen) atoms. The van der Waals surface area contributed by atoms with Gasteiger partial charge in [-0.15, -0.1) is 0 Å². The van der Waals surface area contributed by atoms with Crippen LogP contribution in [0.5, 0.6) is 0 Å². The van der Waals surface area contributed by atoms with Gasteiger partial charge in [-0.3, -0.25) is 9.59 Å². The van der Waals surface area contributed by atoms with Crippen molar-refractivity contribution in [2.24, 2.45) is 17.8 Å². The van der Waals surface area contributed by atoms with E-state index in [1.54, 1.807) is 0 Å². The van der Waals surface area contributed by atoms with Gasteiger partial charge >= 0.3 is 12.1 Å². The minimum atomic E-state index is -0.987. The van der Waals surface area contributed by atoms with Gasteiger partial charge in [-0.25, -0.2) is 4.79 Å². The quantitative estimate of drug-likeness (QED) is 0.505. The van der Waals surface area contributed by atoms with E-state index in [-0.39, 0.29) is 37.3 Å². The first-order chi connectivity index (χ1) is 17.0. The van der Waals surface area contributed by atoms with Gasteiger partial charge in [0.15, 0.2) is 0 Å². The monoisotopic (exact) mass is 476 g/mol. The Morgan fingerprint density at radius 3 is 2.17 bits per heavy atom. The van der Waals surface area contributed by atoms with Gasteiger partial charge in [0.2, 0.25) is 5.91 Å². The van der Waals surface area contributed by atoms with E-state index < -0.39 is 12.1 Å². The predicted octanol–water partition coefficient (Wildman–Crippen LogP) is 4.26. The second-order valence-electron chi connectivity index (χ2n) is 10.1. The minimum Gasteiger partial charge on any atom is -0.480 e. The molecule has 7 nitrogen and oxygen atoms in total. The molecule has 184 valence electrons. The fourth-order valence-corrected chi connectivity index (χ4v) is 5.22. The highest BCUT2D eigenvalue weighted by atomic mass is 16.5. The Labute approximate surface area is 205 Å². The fourth-order valence-electron chi connectivity index (χ4n) is 5.22. The molecular formula is C28H32N2O5. The standard InChI is InChI=1S/C28H32N2O5/c31-26(30(16-27(32)33)15-18-9-10-18)13-20(19-11-12-19)14-29-28(34)35-17-25-23-7-3-1-5-21(23)22-6-2-4-8-24(22)25/h1-8,18-20,25H,9-17H2,(H,29,34)(H,32,33). The maximum atomic E-state index is 12.9. The molecule has 2 aromatic rings. The molecular weight excluding hydrogens is 444 g/mol. The van der Waals surface area contributed by atoms with Crippen LogP contribution in [0.4, 0.5) is 4.79 Å². The topological polar surface area (TPSA) is 95.9 Å². The molecule has 2 saturated carbocycles. The largest absolute Gasteiger partial charge is 0.480 e. The molecule has 3 aliphatic carbocycles. The Bertz CT molecular complexity index is 1060. The van der Waals surface area contributed by atoms with Gasteiger partial charge in [-0.1, -0.05) is 48.5 Å². The smallest absolute Gasteiger partial charge is 0.407 e. The highest BCUT2D eigenvalue weighted by molar-refractivity contribution is 5.82. The highest BCUT2D eigenvalue weighted by Crippen LogP contribution is 2.44. The Morgan fingerprint density at radius 1 is 0.971 bits per heavy atom. The number of rotatable bonds is 11. The molecule has 0 aliphatic heterocycles. The SMILES string of the molecule is O=C(O)CN(CC1CC1)C(=O)CC(CNC(=O)OCC1c2ccccc2-c2ccccc21)C1CC1. The average molecular weight is 477 g/mol. The number of hydrogen-bond acceptors (Lipinski definition) is 4. The molecule has 2 fully saturated rings. The van der Waals surface area contributed by atoms with Gasteiger partial charge in [0.05, 0.1) is 0 Å². The average Bonchev–Trinajstić information content (AvgIpc) is 3.78. The summed E-state index contributed by atoms with van der Waals surface area (Å²) in [6, 6.07) is 16.4. The summed E-state index contributed by atoms with van der Waals surface area (Å²) in [7, 11) is 0. The van der Waals surface area contributed by atoms with Crippen molar-refractivity contribution in [3.8, 4) is 11.1 Å². The number of aliphatic carboxylic acids is 1. The number of fused-ring (bicyclic) bond motifs is 3. The molecule has 2 amide bonds. The molecule has 0 spiro atoms. The zero-order chi connectivity index (χ0) is 24.4. The molecule has 0 radical (unpaired) electrons. The van der Waals surface area contributed by atoms with Crippen molar-refractivity contribution >= 4 is 18.0 Å². The number of hydrogen-bond donors (Lipinski definition) is 2. The van der Waals surface area contributed by atoms with Crippen LogP contribution in [0.2, 0.25) is 0 Å². The number of amides is 2. The van der Waals surface area contributed by atoms with Crippen LogP contribution in [-0.2, 0) is 14.3 Å². The van der Waals surface area contributed by atoms with Gasteiger partial charge in [-0.2, -0.15) is 0 Å². The van der Waals surface area contributed by atoms with Gasteiger partial charge in [0.1, 0.15) is 13.2 Å². The van der Waals surface area contributed by atoms with Crippen LogP contribution in [0, 0.1) is 17.8 Å². The van der Waals surface area contributed by atoms with Crippen LogP contribution < -0.4 is 5.32 Å². The number of nitrogens with zero attached hydrogens (tertiary/aromatic N) is 1. The summed E-state index contributed by atoms with van der Waals surface area (Å²) in [4.78, 5) is 38.2. The summed E-state index contributed by atoms with van der Waals surface area (Å²) >= 11 is 0. The van der Waals surface area contributed by atoms with E-state index in [0.717, 1.165) is 36.8 Å². The zero-order valence-electron chi connectivity index (χ0n) is 19.8. The second kappa shape index (κ2) is 10.1. The van der Waals surface area contributed by atoms with Gasteiger partial charge in [0, 0.05) is 25.4 Å². The summed E-state index contributed by atoms with van der Waals surface area (Å²) < 4.78 is 5.63. The Balaban J connectivity index is 1.15. The number of benzene rings is 2. The van der Waals surface area contributed by atoms with Gasteiger partial charge in [0.25, 0.3) is 0 Å². The van der Waals surface area contributed by atoms with Crippen molar-refractivity contribution in [3.63, 3.8) is 0 Å². The van der Waals surface area contributed by atoms with Crippen LogP contribution in [0.3, 0.4) is 0 Å². The maximum Gasteiger partial charge on any atom is 0.407 e.